The first kappa shape index (κ1) is 34.5. The van der Waals surface area contributed by atoms with E-state index in [9.17, 15) is 0 Å². The van der Waals surface area contributed by atoms with Crippen LogP contribution in [0.5, 0.6) is 0 Å². The Bertz CT molecular complexity index is 3040. The van der Waals surface area contributed by atoms with E-state index in [4.69, 9.17) is 15.0 Å². The number of fused-ring (bicyclic) bond motifs is 4. The van der Waals surface area contributed by atoms with E-state index in [1.54, 1.807) is 0 Å². The predicted octanol–water partition coefficient (Wildman–Crippen LogP) is 13.7. The van der Waals surface area contributed by atoms with Gasteiger partial charge in [0.05, 0.1) is 5.41 Å². The Balaban J connectivity index is 1.16. The molecule has 0 amide bonds. The van der Waals surface area contributed by atoms with E-state index in [1.807, 2.05) is 0 Å². The topological polar surface area (TPSA) is 38.7 Å². The van der Waals surface area contributed by atoms with Gasteiger partial charge in [-0.3, -0.25) is 0 Å². The van der Waals surface area contributed by atoms with Gasteiger partial charge in [0, 0.05) is 16.7 Å². The van der Waals surface area contributed by atoms with Crippen LogP contribution >= 0.6 is 0 Å². The Labute approximate surface area is 344 Å². The zero-order valence-corrected chi connectivity index (χ0v) is 32.2. The quantitative estimate of drug-likeness (QED) is 0.163. The summed E-state index contributed by atoms with van der Waals surface area (Å²) in [6, 6.07) is 80.0. The summed E-state index contributed by atoms with van der Waals surface area (Å²) in [6.45, 7) is 0. The standard InChI is InChI=1S/C56H37N3/c1-5-17-38(18-6-1)44-34-45(39-19-7-2-8-20-39)36-46(35-44)55-58-53(42-30-29-40-21-13-14-22-41(40)33-42)57-54(59-55)43-31-32-50-49-27-15-16-28-51(49)56(52(50)37-43,47-23-9-3-10-24-47)48-25-11-4-12-26-48/h1-37H. The van der Waals surface area contributed by atoms with Crippen LogP contribution < -0.4 is 0 Å². The lowest BCUT2D eigenvalue weighted by atomic mass is 9.67. The molecule has 0 fully saturated rings. The Morgan fingerprint density at radius 2 is 0.695 bits per heavy atom. The zero-order valence-electron chi connectivity index (χ0n) is 32.2. The van der Waals surface area contributed by atoms with E-state index < -0.39 is 5.41 Å². The molecule has 0 saturated heterocycles. The molecule has 0 unspecified atom stereocenters. The maximum atomic E-state index is 5.38. The van der Waals surface area contributed by atoms with E-state index in [0.29, 0.717) is 17.5 Å². The zero-order chi connectivity index (χ0) is 39.2. The summed E-state index contributed by atoms with van der Waals surface area (Å²) < 4.78 is 0. The third-order valence-electron chi connectivity index (χ3n) is 11.8. The minimum absolute atomic E-state index is 0.546. The monoisotopic (exact) mass is 751 g/mol. The van der Waals surface area contributed by atoms with Crippen LogP contribution in [0.1, 0.15) is 22.3 Å². The lowest BCUT2D eigenvalue weighted by Crippen LogP contribution is -2.28. The van der Waals surface area contributed by atoms with Crippen LogP contribution in [0.2, 0.25) is 0 Å². The number of aromatic nitrogens is 3. The van der Waals surface area contributed by atoms with Crippen molar-refractivity contribution in [3.63, 3.8) is 0 Å². The van der Waals surface area contributed by atoms with Crippen molar-refractivity contribution >= 4 is 10.8 Å². The predicted molar refractivity (Wildman–Crippen MR) is 242 cm³/mol. The first-order valence-electron chi connectivity index (χ1n) is 20.1. The van der Waals surface area contributed by atoms with Crippen LogP contribution in [0.3, 0.4) is 0 Å². The van der Waals surface area contributed by atoms with Gasteiger partial charge in [0.1, 0.15) is 0 Å². The van der Waals surface area contributed by atoms with Crippen molar-refractivity contribution in [2.24, 2.45) is 0 Å². The molecule has 3 heteroatoms. The van der Waals surface area contributed by atoms with Crippen molar-refractivity contribution in [1.29, 1.82) is 0 Å². The Hall–Kier alpha value is -7.75. The van der Waals surface area contributed by atoms with Crippen molar-refractivity contribution in [2.75, 3.05) is 0 Å². The molecule has 1 heterocycles. The van der Waals surface area contributed by atoms with Gasteiger partial charge in [0.2, 0.25) is 0 Å². The molecule has 59 heavy (non-hydrogen) atoms. The second kappa shape index (κ2) is 14.3. The van der Waals surface area contributed by atoms with Crippen LogP contribution in [-0.4, -0.2) is 15.0 Å². The first-order valence-corrected chi connectivity index (χ1v) is 20.1. The summed E-state index contributed by atoms with van der Waals surface area (Å²) in [5.41, 5.74) is 14.1. The molecule has 0 aliphatic heterocycles. The Morgan fingerprint density at radius 3 is 1.31 bits per heavy atom. The maximum Gasteiger partial charge on any atom is 0.164 e. The highest BCUT2D eigenvalue weighted by molar-refractivity contribution is 5.89. The number of hydrogen-bond donors (Lipinski definition) is 0. The molecule has 1 aliphatic rings. The van der Waals surface area contributed by atoms with Gasteiger partial charge in [0.15, 0.2) is 17.5 Å². The van der Waals surface area contributed by atoms with Crippen LogP contribution in [0.4, 0.5) is 0 Å². The maximum absolute atomic E-state index is 5.38. The molecule has 3 nitrogen and oxygen atoms in total. The first-order chi connectivity index (χ1) is 29.2. The number of rotatable bonds is 7. The van der Waals surface area contributed by atoms with E-state index in [0.717, 1.165) is 44.3 Å². The molecular weight excluding hydrogens is 715 g/mol. The molecule has 9 aromatic carbocycles. The van der Waals surface area contributed by atoms with E-state index in [1.165, 1.54) is 38.8 Å². The molecule has 0 saturated carbocycles. The van der Waals surface area contributed by atoms with Gasteiger partial charge >= 0.3 is 0 Å². The summed E-state index contributed by atoms with van der Waals surface area (Å²) >= 11 is 0. The van der Waals surface area contributed by atoms with Gasteiger partial charge in [0.25, 0.3) is 0 Å². The average molecular weight is 752 g/mol. The van der Waals surface area contributed by atoms with Gasteiger partial charge in [-0.15, -0.1) is 0 Å². The molecule has 276 valence electrons. The Morgan fingerprint density at radius 1 is 0.254 bits per heavy atom. The lowest BCUT2D eigenvalue weighted by Gasteiger charge is -2.34. The SMILES string of the molecule is c1ccc(-c2cc(-c3ccccc3)cc(-c3nc(-c4ccc5c(c4)C(c4ccccc4)(c4ccccc4)c4ccccc4-5)nc(-c4ccc5ccccc5c4)n3)c2)cc1. The number of benzene rings is 9. The molecule has 0 radical (unpaired) electrons. The summed E-state index contributed by atoms with van der Waals surface area (Å²) in [7, 11) is 0. The van der Waals surface area contributed by atoms with Crippen molar-refractivity contribution < 1.29 is 0 Å². The fourth-order valence-electron chi connectivity index (χ4n) is 9.03. The second-order valence-corrected chi connectivity index (χ2v) is 15.2. The van der Waals surface area contributed by atoms with Gasteiger partial charge in [-0.2, -0.15) is 0 Å². The summed E-state index contributed by atoms with van der Waals surface area (Å²) in [5, 5.41) is 2.31. The second-order valence-electron chi connectivity index (χ2n) is 15.2. The minimum Gasteiger partial charge on any atom is -0.208 e. The van der Waals surface area contributed by atoms with Crippen LogP contribution in [0, 0.1) is 0 Å². The highest BCUT2D eigenvalue weighted by atomic mass is 15.0. The number of nitrogens with zero attached hydrogens (tertiary/aromatic N) is 3. The summed E-state index contributed by atoms with van der Waals surface area (Å²) in [4.78, 5) is 16.0. The van der Waals surface area contributed by atoms with E-state index in [2.05, 4.69) is 224 Å². The lowest BCUT2D eigenvalue weighted by molar-refractivity contribution is 0.768. The number of hydrogen-bond acceptors (Lipinski definition) is 3. The highest BCUT2D eigenvalue weighted by Crippen LogP contribution is 2.56. The smallest absolute Gasteiger partial charge is 0.164 e. The average Bonchev–Trinajstić information content (AvgIpc) is 3.62. The van der Waals surface area contributed by atoms with Crippen LogP contribution in [0.25, 0.3) is 78.3 Å². The molecule has 10 aromatic rings. The van der Waals surface area contributed by atoms with Gasteiger partial charge in [-0.1, -0.05) is 194 Å². The normalized spacial score (nSPS) is 12.5. The van der Waals surface area contributed by atoms with E-state index in [-0.39, 0.29) is 0 Å². The third kappa shape index (κ3) is 5.95. The molecule has 0 spiro atoms. The fraction of sp³-hybridized carbons (Fsp3) is 0.0179. The Kier molecular flexibility index (Phi) is 8.37. The molecule has 11 rings (SSSR count). The molecule has 1 aromatic heterocycles. The molecule has 0 N–H and O–H groups in total. The molecule has 1 aliphatic carbocycles. The van der Waals surface area contributed by atoms with Crippen molar-refractivity contribution in [2.45, 2.75) is 5.41 Å². The van der Waals surface area contributed by atoms with Crippen molar-refractivity contribution in [1.82, 2.24) is 15.0 Å². The summed E-state index contributed by atoms with van der Waals surface area (Å²) in [5.74, 6) is 1.87. The summed E-state index contributed by atoms with van der Waals surface area (Å²) in [6.07, 6.45) is 0. The van der Waals surface area contributed by atoms with Crippen LogP contribution in [-0.2, 0) is 5.41 Å². The van der Waals surface area contributed by atoms with Gasteiger partial charge in [-0.25, -0.2) is 15.0 Å². The highest BCUT2D eigenvalue weighted by Gasteiger charge is 2.46. The molecular formula is C56H37N3. The fourth-order valence-corrected chi connectivity index (χ4v) is 9.03. The van der Waals surface area contributed by atoms with E-state index >= 15 is 0 Å². The van der Waals surface area contributed by atoms with Gasteiger partial charge in [-0.05, 0) is 96.7 Å². The van der Waals surface area contributed by atoms with Crippen molar-refractivity contribution in [3.05, 3.63) is 247 Å². The van der Waals surface area contributed by atoms with Crippen LogP contribution in [0.15, 0.2) is 224 Å². The largest absolute Gasteiger partial charge is 0.208 e. The third-order valence-corrected chi connectivity index (χ3v) is 11.8. The van der Waals surface area contributed by atoms with Crippen molar-refractivity contribution in [3.8, 4) is 67.5 Å². The molecule has 0 atom stereocenters. The van der Waals surface area contributed by atoms with Gasteiger partial charge < -0.3 is 0 Å². The molecule has 0 bridgehead atoms. The minimum atomic E-state index is -0.546.